The normalized spacial score (nSPS) is 30.2. The van der Waals surface area contributed by atoms with Crippen LogP contribution in [-0.2, 0) is 18.3 Å². The van der Waals surface area contributed by atoms with Crippen LogP contribution in [0.15, 0.2) is 12.7 Å². The second kappa shape index (κ2) is 10.5. The zero-order chi connectivity index (χ0) is 21.3. The molecule has 2 aromatic heterocycles. The molecule has 1 unspecified atom stereocenters. The molecule has 2 saturated heterocycles. The van der Waals surface area contributed by atoms with Crippen LogP contribution in [0.5, 0.6) is 0 Å². The molecule has 167 valence electrons. The van der Waals surface area contributed by atoms with Gasteiger partial charge in [0.15, 0.2) is 23.2 Å². The van der Waals surface area contributed by atoms with E-state index >= 15 is 0 Å². The van der Waals surface area contributed by atoms with Gasteiger partial charge in [-0.3, -0.25) is 13.6 Å². The fourth-order valence-electron chi connectivity index (χ4n) is 3.84. The Hall–Kier alpha value is -0.620. The SMILES string of the molecule is CCCCN(CCCC)c1ncnc2c1ncn2[C@@H]1O[C@@H]2COP(=O)(O)O[C@H]2[C@H]1O.[Na]. The van der Waals surface area contributed by atoms with Gasteiger partial charge in [0.1, 0.15) is 24.6 Å². The van der Waals surface area contributed by atoms with E-state index in [0.717, 1.165) is 44.6 Å². The average molecular weight is 464 g/mol. The minimum atomic E-state index is -4.19. The van der Waals surface area contributed by atoms with Crippen molar-refractivity contribution in [2.75, 3.05) is 24.6 Å². The summed E-state index contributed by atoms with van der Waals surface area (Å²) in [4.78, 5) is 25.1. The fourth-order valence-corrected chi connectivity index (χ4v) is 4.81. The van der Waals surface area contributed by atoms with Crippen molar-refractivity contribution in [1.29, 1.82) is 0 Å². The number of phosphoric ester groups is 1. The molecule has 2 fully saturated rings. The fraction of sp³-hybridized carbons (Fsp3) is 0.722. The van der Waals surface area contributed by atoms with Crippen LogP contribution in [0.25, 0.3) is 11.2 Å². The molecule has 13 heteroatoms. The zero-order valence-corrected chi connectivity index (χ0v) is 21.0. The molecule has 4 heterocycles. The average Bonchev–Trinajstić information content (AvgIpc) is 3.29. The van der Waals surface area contributed by atoms with Crippen LogP contribution in [0.2, 0.25) is 0 Å². The van der Waals surface area contributed by atoms with Gasteiger partial charge in [-0.05, 0) is 12.8 Å². The number of rotatable bonds is 8. The zero-order valence-electron chi connectivity index (χ0n) is 18.1. The maximum Gasteiger partial charge on any atom is 0.472 e. The van der Waals surface area contributed by atoms with Crippen molar-refractivity contribution in [3.63, 3.8) is 0 Å². The maximum absolute atomic E-state index is 11.7. The van der Waals surface area contributed by atoms with E-state index in [4.69, 9.17) is 13.8 Å². The Balaban J connectivity index is 0.00000272. The number of anilines is 1. The summed E-state index contributed by atoms with van der Waals surface area (Å²) in [5.41, 5.74) is 1.15. The number of hydrogen-bond donors (Lipinski definition) is 2. The van der Waals surface area contributed by atoms with Gasteiger partial charge < -0.3 is 19.6 Å². The Morgan fingerprint density at radius 2 is 1.94 bits per heavy atom. The van der Waals surface area contributed by atoms with E-state index in [-0.39, 0.29) is 36.2 Å². The van der Waals surface area contributed by atoms with E-state index in [0.29, 0.717) is 11.2 Å². The van der Waals surface area contributed by atoms with Gasteiger partial charge in [-0.1, -0.05) is 26.7 Å². The van der Waals surface area contributed by atoms with E-state index in [9.17, 15) is 14.6 Å². The molecule has 0 spiro atoms. The summed E-state index contributed by atoms with van der Waals surface area (Å²) in [6, 6.07) is 0. The van der Waals surface area contributed by atoms with Crippen LogP contribution in [0.1, 0.15) is 45.8 Å². The van der Waals surface area contributed by atoms with Crippen LogP contribution in [-0.4, -0.2) is 97.1 Å². The summed E-state index contributed by atoms with van der Waals surface area (Å²) in [5.74, 6) is 0.755. The van der Waals surface area contributed by atoms with Gasteiger partial charge in [-0.15, -0.1) is 0 Å². The summed E-state index contributed by atoms with van der Waals surface area (Å²) in [6.45, 7) is 5.91. The number of fused-ring (bicyclic) bond motifs is 2. The topological polar surface area (TPSA) is 132 Å². The van der Waals surface area contributed by atoms with E-state index < -0.39 is 32.4 Å². The largest absolute Gasteiger partial charge is 0.472 e. The number of phosphoric acid groups is 1. The molecule has 5 atom stereocenters. The minimum Gasteiger partial charge on any atom is -0.386 e. The van der Waals surface area contributed by atoms with E-state index in [1.54, 1.807) is 10.9 Å². The molecule has 0 aromatic carbocycles. The third-order valence-electron chi connectivity index (χ3n) is 5.44. The standard InChI is InChI=1S/C18H28N5O6P.Na/c1-3-5-7-22(8-6-4-2)16-13-17(20-10-19-16)23(11-21-13)18-14(24)15-12(28-18)9-27-30(25,26)29-15;/h10-12,14-15,18,24H,3-9H2,1-2H3,(H,25,26);/t12-,14-,15-,18-;/m1./s1. The second-order valence-electron chi connectivity index (χ2n) is 7.61. The van der Waals surface area contributed by atoms with Gasteiger partial charge in [0.2, 0.25) is 0 Å². The monoisotopic (exact) mass is 464 g/mol. The number of hydrogen-bond acceptors (Lipinski definition) is 9. The van der Waals surface area contributed by atoms with Crippen LogP contribution < -0.4 is 4.90 Å². The second-order valence-corrected chi connectivity index (χ2v) is 9.01. The Labute approximate surface area is 203 Å². The summed E-state index contributed by atoms with van der Waals surface area (Å²) >= 11 is 0. The van der Waals surface area contributed by atoms with E-state index in [2.05, 4.69) is 33.7 Å². The predicted molar refractivity (Wildman–Crippen MR) is 114 cm³/mol. The Kier molecular flexibility index (Phi) is 8.50. The number of imidazole rings is 1. The van der Waals surface area contributed by atoms with Crippen molar-refractivity contribution in [1.82, 2.24) is 19.5 Å². The molecular formula is C18H28N5NaO6P. The molecule has 0 aliphatic carbocycles. The molecule has 2 aliphatic heterocycles. The molecule has 1 radical (unpaired) electrons. The first kappa shape index (κ1) is 25.0. The van der Waals surface area contributed by atoms with E-state index in [1.807, 2.05) is 0 Å². The Morgan fingerprint density at radius 3 is 2.61 bits per heavy atom. The molecule has 2 aromatic rings. The minimum absolute atomic E-state index is 0. The van der Waals surface area contributed by atoms with Crippen molar-refractivity contribution in [3.8, 4) is 0 Å². The number of aromatic nitrogens is 4. The molecule has 0 amide bonds. The quantitative estimate of drug-likeness (QED) is 0.439. The summed E-state index contributed by atoms with van der Waals surface area (Å²) in [5, 5.41) is 10.7. The van der Waals surface area contributed by atoms with Crippen LogP contribution in [0.3, 0.4) is 0 Å². The van der Waals surface area contributed by atoms with Crippen molar-refractivity contribution >= 4 is 54.4 Å². The molecule has 2 N–H and O–H groups in total. The predicted octanol–water partition coefficient (Wildman–Crippen LogP) is 1.63. The van der Waals surface area contributed by atoms with E-state index in [1.165, 1.54) is 6.33 Å². The molecular weight excluding hydrogens is 436 g/mol. The Bertz CT molecular complexity index is 924. The first-order chi connectivity index (χ1) is 14.4. The number of ether oxygens (including phenoxy) is 1. The van der Waals surface area contributed by atoms with Gasteiger partial charge in [-0.25, -0.2) is 19.5 Å². The number of aliphatic hydroxyl groups excluding tert-OH is 1. The molecule has 31 heavy (non-hydrogen) atoms. The van der Waals surface area contributed by atoms with Gasteiger partial charge in [0.05, 0.1) is 12.9 Å². The van der Waals surface area contributed by atoms with Crippen molar-refractivity contribution in [2.45, 2.75) is 64.1 Å². The summed E-state index contributed by atoms with van der Waals surface area (Å²) in [6.07, 6.45) is 3.60. The van der Waals surface area contributed by atoms with Crippen molar-refractivity contribution in [2.24, 2.45) is 0 Å². The molecule has 4 rings (SSSR count). The van der Waals surface area contributed by atoms with Crippen LogP contribution in [0.4, 0.5) is 5.82 Å². The van der Waals surface area contributed by atoms with Gasteiger partial charge in [0.25, 0.3) is 0 Å². The summed E-state index contributed by atoms with van der Waals surface area (Å²) < 4.78 is 29.0. The maximum atomic E-state index is 11.7. The van der Waals surface area contributed by atoms with Crippen LogP contribution in [0, 0.1) is 0 Å². The third-order valence-corrected chi connectivity index (χ3v) is 6.43. The smallest absolute Gasteiger partial charge is 0.386 e. The van der Waals surface area contributed by atoms with Crippen molar-refractivity contribution in [3.05, 3.63) is 12.7 Å². The molecule has 0 saturated carbocycles. The summed E-state index contributed by atoms with van der Waals surface area (Å²) in [7, 11) is -4.19. The first-order valence-corrected chi connectivity index (χ1v) is 11.9. The van der Waals surface area contributed by atoms with Gasteiger partial charge >= 0.3 is 7.82 Å². The number of unbranched alkanes of at least 4 members (excludes halogenated alkanes) is 2. The number of aliphatic hydroxyl groups is 1. The molecule has 0 bridgehead atoms. The molecule has 2 aliphatic rings. The van der Waals surface area contributed by atoms with Crippen molar-refractivity contribution < 1.29 is 28.3 Å². The van der Waals surface area contributed by atoms with Crippen LogP contribution >= 0.6 is 7.82 Å². The number of nitrogens with zero attached hydrogens (tertiary/aromatic N) is 5. The van der Waals surface area contributed by atoms with Gasteiger partial charge in [0, 0.05) is 42.6 Å². The first-order valence-electron chi connectivity index (χ1n) is 10.4. The third kappa shape index (κ3) is 5.15. The van der Waals surface area contributed by atoms with Gasteiger partial charge in [-0.2, -0.15) is 0 Å². The Morgan fingerprint density at radius 1 is 1.23 bits per heavy atom. The molecule has 11 nitrogen and oxygen atoms in total.